The van der Waals surface area contributed by atoms with Crippen molar-refractivity contribution >= 4 is 23.4 Å². The molecule has 7 heteroatoms. The first kappa shape index (κ1) is 28.8. The number of hydrogen-bond donors (Lipinski definition) is 1. The lowest BCUT2D eigenvalue weighted by Gasteiger charge is -2.68. The fourth-order valence-corrected chi connectivity index (χ4v) is 10.4. The van der Waals surface area contributed by atoms with Gasteiger partial charge in [-0.3, -0.25) is 19.2 Å². The van der Waals surface area contributed by atoms with Gasteiger partial charge in [0.15, 0.2) is 11.6 Å². The van der Waals surface area contributed by atoms with Gasteiger partial charge in [-0.05, 0) is 80.1 Å². The number of nitrogens with zero attached hydrogens (tertiary/aromatic N) is 1. The minimum Gasteiger partial charge on any atom is -0.469 e. The number of esters is 1. The van der Waals surface area contributed by atoms with Gasteiger partial charge in [-0.2, -0.15) is 5.26 Å². The molecule has 7 nitrogen and oxygen atoms in total. The predicted octanol–water partition coefficient (Wildman–Crippen LogP) is 5.25. The Morgan fingerprint density at radius 2 is 1.68 bits per heavy atom. The zero-order valence-electron chi connectivity index (χ0n) is 25.3. The highest BCUT2D eigenvalue weighted by Gasteiger charge is 2.71. The van der Waals surface area contributed by atoms with E-state index in [1.807, 2.05) is 13.0 Å². The number of hydrogen-bond acceptors (Lipinski definition) is 6. The molecule has 3 fully saturated rings. The van der Waals surface area contributed by atoms with Crippen LogP contribution < -0.4 is 5.32 Å². The highest BCUT2D eigenvalue weighted by Crippen LogP contribution is 2.74. The second kappa shape index (κ2) is 8.63. The van der Waals surface area contributed by atoms with Crippen LogP contribution in [0.25, 0.3) is 0 Å². The third-order valence-electron chi connectivity index (χ3n) is 12.6. The Kier molecular flexibility index (Phi) is 6.21. The van der Waals surface area contributed by atoms with E-state index in [-0.39, 0.29) is 52.2 Å². The summed E-state index contributed by atoms with van der Waals surface area (Å²) >= 11 is 0. The first-order chi connectivity index (χ1) is 18.5. The van der Waals surface area contributed by atoms with Crippen molar-refractivity contribution in [3.05, 3.63) is 23.3 Å². The first-order valence-electron chi connectivity index (χ1n) is 14.8. The second-order valence-electron chi connectivity index (χ2n) is 15.1. The molecule has 8 atom stereocenters. The Labute approximate surface area is 238 Å². The van der Waals surface area contributed by atoms with Crippen LogP contribution in [0.4, 0.5) is 0 Å². The van der Waals surface area contributed by atoms with Gasteiger partial charge in [-0.1, -0.05) is 46.3 Å². The smallest absolute Gasteiger partial charge is 0.312 e. The van der Waals surface area contributed by atoms with Crippen LogP contribution in [-0.2, 0) is 23.9 Å². The van der Waals surface area contributed by atoms with Gasteiger partial charge in [0.25, 0.3) is 0 Å². The van der Waals surface area contributed by atoms with E-state index < -0.39 is 27.2 Å². The van der Waals surface area contributed by atoms with Crippen LogP contribution in [0.3, 0.4) is 0 Å². The van der Waals surface area contributed by atoms with E-state index in [4.69, 9.17) is 4.74 Å². The fraction of sp³-hybridized carbons (Fsp3) is 0.727. The van der Waals surface area contributed by atoms with Crippen molar-refractivity contribution < 1.29 is 23.9 Å². The van der Waals surface area contributed by atoms with E-state index in [2.05, 4.69) is 39.1 Å². The monoisotopic (exact) mass is 548 g/mol. The van der Waals surface area contributed by atoms with Gasteiger partial charge in [0, 0.05) is 24.2 Å². The summed E-state index contributed by atoms with van der Waals surface area (Å²) < 4.78 is 5.40. The lowest BCUT2D eigenvalue weighted by atomic mass is 9.34. The molecule has 216 valence electrons. The number of ketones is 2. The van der Waals surface area contributed by atoms with Gasteiger partial charge >= 0.3 is 5.97 Å². The van der Waals surface area contributed by atoms with E-state index in [0.717, 1.165) is 37.7 Å². The van der Waals surface area contributed by atoms with Crippen LogP contribution in [0.15, 0.2) is 23.3 Å². The number of carbonyl (C=O) groups excluding carboxylic acids is 4. The van der Waals surface area contributed by atoms with Gasteiger partial charge < -0.3 is 10.1 Å². The number of rotatable bonds is 2. The van der Waals surface area contributed by atoms with E-state index in [0.29, 0.717) is 12.8 Å². The number of ether oxygens (including phenoxy) is 1. The van der Waals surface area contributed by atoms with Crippen molar-refractivity contribution in [1.29, 1.82) is 5.26 Å². The maximum absolute atomic E-state index is 14.5. The lowest BCUT2D eigenvalue weighted by Crippen LogP contribution is -2.69. The molecule has 5 rings (SSSR count). The lowest BCUT2D eigenvalue weighted by molar-refractivity contribution is -0.190. The molecule has 0 aromatic heterocycles. The molecule has 5 aliphatic rings. The van der Waals surface area contributed by atoms with E-state index in [1.165, 1.54) is 14.0 Å². The van der Waals surface area contributed by atoms with Gasteiger partial charge in [-0.15, -0.1) is 0 Å². The standard InChI is InChI=1S/C33H44N2O5/c1-19(36)35-32(7)23-9-10-30(5)24(29(23,4)16-20(18-34)26(32)38)15-22(37)25-21-17-28(2,3)11-13-33(21,27(39)40-8)14-12-31(25,30)6/h15-16,21,23,25H,9-14,17H2,1-8H3,(H,35,36)/t21-,23+,25-,29-,30+,31+,32-,33-/m0/s1. The summed E-state index contributed by atoms with van der Waals surface area (Å²) in [7, 11) is 1.46. The Balaban J connectivity index is 1.70. The zero-order valence-corrected chi connectivity index (χ0v) is 25.3. The molecule has 5 aliphatic carbocycles. The summed E-state index contributed by atoms with van der Waals surface area (Å²) in [6, 6.07) is 2.09. The summed E-state index contributed by atoms with van der Waals surface area (Å²) in [5.74, 6) is -1.56. The average molecular weight is 549 g/mol. The van der Waals surface area contributed by atoms with Crippen molar-refractivity contribution in [3.63, 3.8) is 0 Å². The number of Topliss-reactive ketones (excluding diaryl/α,β-unsaturated/α-hetero) is 1. The van der Waals surface area contributed by atoms with Gasteiger partial charge in [0.2, 0.25) is 5.91 Å². The van der Waals surface area contributed by atoms with Crippen LogP contribution in [0, 0.1) is 56.2 Å². The SMILES string of the molecule is COC(=O)[C@]12CCC(C)(C)C[C@H]1[C@H]1C(=O)C=C3[C@@]4(C)C=C(C#N)C(=O)[C@@](C)(NC(C)=O)[C@@H]4CC[C@@]3(C)[C@]1(C)CC2. The fourth-order valence-electron chi connectivity index (χ4n) is 10.4. The molecular formula is C33H44N2O5. The third kappa shape index (κ3) is 3.46. The van der Waals surface area contributed by atoms with Crippen LogP contribution >= 0.6 is 0 Å². The van der Waals surface area contributed by atoms with E-state index >= 15 is 0 Å². The first-order valence-corrected chi connectivity index (χ1v) is 14.8. The van der Waals surface area contributed by atoms with E-state index in [9.17, 15) is 24.4 Å². The molecule has 0 unspecified atom stereocenters. The number of fused-ring (bicyclic) bond motifs is 7. The summed E-state index contributed by atoms with van der Waals surface area (Å²) in [4.78, 5) is 53.7. The highest BCUT2D eigenvalue weighted by molar-refractivity contribution is 6.09. The number of nitrogens with one attached hydrogen (secondary N) is 1. The molecule has 0 radical (unpaired) electrons. The van der Waals surface area contributed by atoms with Crippen molar-refractivity contribution in [3.8, 4) is 6.07 Å². The summed E-state index contributed by atoms with van der Waals surface area (Å²) in [6.07, 6.45) is 8.85. The second-order valence-corrected chi connectivity index (χ2v) is 15.1. The Morgan fingerprint density at radius 1 is 1.02 bits per heavy atom. The van der Waals surface area contributed by atoms with Gasteiger partial charge in [0.05, 0.1) is 18.1 Å². The predicted molar refractivity (Wildman–Crippen MR) is 149 cm³/mol. The number of allylic oxidation sites excluding steroid dienone is 3. The molecule has 0 saturated heterocycles. The Hall–Kier alpha value is -2.75. The maximum atomic E-state index is 14.5. The molecule has 1 amide bonds. The van der Waals surface area contributed by atoms with Crippen LogP contribution in [-0.4, -0.2) is 36.1 Å². The molecule has 0 heterocycles. The minimum absolute atomic E-state index is 0.0175. The molecular weight excluding hydrogens is 504 g/mol. The average Bonchev–Trinajstić information content (AvgIpc) is 2.86. The highest BCUT2D eigenvalue weighted by atomic mass is 16.5. The Bertz CT molecular complexity index is 1320. The minimum atomic E-state index is -1.25. The molecule has 0 aliphatic heterocycles. The topological polar surface area (TPSA) is 113 Å². The normalized spacial score (nSPS) is 45.3. The maximum Gasteiger partial charge on any atom is 0.312 e. The molecule has 3 saturated carbocycles. The quantitative estimate of drug-likeness (QED) is 0.472. The van der Waals surface area contributed by atoms with Crippen molar-refractivity contribution in [2.45, 2.75) is 99.0 Å². The summed E-state index contributed by atoms with van der Waals surface area (Å²) in [5, 5.41) is 12.9. The third-order valence-corrected chi connectivity index (χ3v) is 12.6. The van der Waals surface area contributed by atoms with Crippen LogP contribution in [0.5, 0.6) is 0 Å². The van der Waals surface area contributed by atoms with Gasteiger partial charge in [0.1, 0.15) is 11.6 Å². The number of carbonyl (C=O) groups is 4. The number of amides is 1. The zero-order chi connectivity index (χ0) is 29.7. The van der Waals surface area contributed by atoms with Crippen molar-refractivity contribution in [1.82, 2.24) is 5.32 Å². The molecule has 40 heavy (non-hydrogen) atoms. The molecule has 0 aromatic carbocycles. The van der Waals surface area contributed by atoms with Crippen LogP contribution in [0.2, 0.25) is 0 Å². The Morgan fingerprint density at radius 3 is 2.27 bits per heavy atom. The largest absolute Gasteiger partial charge is 0.469 e. The molecule has 0 bridgehead atoms. The van der Waals surface area contributed by atoms with Crippen molar-refractivity contribution in [2.24, 2.45) is 44.8 Å². The summed E-state index contributed by atoms with van der Waals surface area (Å²) in [6.45, 7) is 14.1. The number of methoxy groups -OCH3 is 1. The van der Waals surface area contributed by atoms with Gasteiger partial charge in [-0.25, -0.2) is 0 Å². The van der Waals surface area contributed by atoms with E-state index in [1.54, 1.807) is 13.0 Å². The number of nitriles is 1. The molecule has 0 spiro atoms. The molecule has 0 aromatic rings. The van der Waals surface area contributed by atoms with Crippen LogP contribution in [0.1, 0.15) is 93.4 Å². The molecule has 1 N–H and O–H groups in total. The summed E-state index contributed by atoms with van der Waals surface area (Å²) in [5.41, 5.74) is -2.47. The van der Waals surface area contributed by atoms with Crippen molar-refractivity contribution in [2.75, 3.05) is 7.11 Å².